The van der Waals surface area contributed by atoms with Gasteiger partial charge in [0.15, 0.2) is 6.61 Å². The van der Waals surface area contributed by atoms with Crippen molar-refractivity contribution in [3.8, 4) is 0 Å². The molecule has 0 spiro atoms. The average molecular weight is 496 g/mol. The predicted octanol–water partition coefficient (Wildman–Crippen LogP) is 2.49. The summed E-state index contributed by atoms with van der Waals surface area (Å²) in [4.78, 5) is 63.7. The Kier molecular flexibility index (Phi) is 6.02. The van der Waals surface area contributed by atoms with Crippen LogP contribution in [0, 0.1) is 23.7 Å². The SMILES string of the molecule is O=C(COC(=O)c1cccc(N2C(=O)[C@@H]3[C@H]4CC[C@@H](C4)[C@H]3C2=O)c1)NNC(=O)c1ccc(Cl)cc1. The third-order valence-electron chi connectivity index (χ3n) is 7.02. The van der Waals surface area contributed by atoms with Crippen LogP contribution >= 0.6 is 11.6 Å². The first-order chi connectivity index (χ1) is 16.8. The molecule has 35 heavy (non-hydrogen) atoms. The monoisotopic (exact) mass is 495 g/mol. The Hall–Kier alpha value is -3.72. The summed E-state index contributed by atoms with van der Waals surface area (Å²) in [5.41, 5.74) is 5.08. The van der Waals surface area contributed by atoms with Crippen LogP contribution in [0.25, 0.3) is 0 Å². The number of fused-ring (bicyclic) bond motifs is 5. The number of anilines is 1. The molecule has 2 bridgehead atoms. The van der Waals surface area contributed by atoms with E-state index >= 15 is 0 Å². The van der Waals surface area contributed by atoms with Crippen LogP contribution in [0.4, 0.5) is 5.69 Å². The molecule has 3 aliphatic rings. The van der Waals surface area contributed by atoms with Gasteiger partial charge in [0.2, 0.25) is 11.8 Å². The summed E-state index contributed by atoms with van der Waals surface area (Å²) >= 11 is 5.78. The zero-order valence-electron chi connectivity index (χ0n) is 18.5. The number of imide groups is 1. The van der Waals surface area contributed by atoms with E-state index in [1.165, 1.54) is 41.3 Å². The van der Waals surface area contributed by atoms with Crippen LogP contribution in [0.1, 0.15) is 40.0 Å². The number of nitrogens with one attached hydrogen (secondary N) is 2. The van der Waals surface area contributed by atoms with Crippen molar-refractivity contribution in [1.29, 1.82) is 0 Å². The fourth-order valence-electron chi connectivity index (χ4n) is 5.49. The molecule has 3 fully saturated rings. The molecule has 1 saturated heterocycles. The molecular weight excluding hydrogens is 474 g/mol. The molecule has 0 aromatic heterocycles. The molecule has 2 aromatic carbocycles. The molecular formula is C25H22ClN3O6. The number of benzene rings is 2. The predicted molar refractivity (Wildman–Crippen MR) is 124 cm³/mol. The molecule has 9 nitrogen and oxygen atoms in total. The lowest BCUT2D eigenvalue weighted by Crippen LogP contribution is -2.43. The summed E-state index contributed by atoms with van der Waals surface area (Å²) in [6.07, 6.45) is 2.90. The van der Waals surface area contributed by atoms with Crippen LogP contribution in [-0.4, -0.2) is 36.2 Å². The topological polar surface area (TPSA) is 122 Å². The Bertz CT molecular complexity index is 1200. The number of hydrogen-bond donors (Lipinski definition) is 2. The molecule has 4 atom stereocenters. The summed E-state index contributed by atoms with van der Waals surface area (Å²) in [7, 11) is 0. The van der Waals surface area contributed by atoms with E-state index in [0.717, 1.165) is 19.3 Å². The normalized spacial score (nSPS) is 24.3. The van der Waals surface area contributed by atoms with Crippen LogP contribution in [0.15, 0.2) is 48.5 Å². The highest BCUT2D eigenvalue weighted by molar-refractivity contribution is 6.30. The lowest BCUT2D eigenvalue weighted by molar-refractivity contribution is -0.125. The average Bonchev–Trinajstić information content (AvgIpc) is 3.55. The Labute approximate surface area is 205 Å². The highest BCUT2D eigenvalue weighted by atomic mass is 35.5. The van der Waals surface area contributed by atoms with Gasteiger partial charge < -0.3 is 4.74 Å². The maximum absolute atomic E-state index is 13.0. The van der Waals surface area contributed by atoms with Crippen molar-refractivity contribution in [2.24, 2.45) is 23.7 Å². The van der Waals surface area contributed by atoms with E-state index in [-0.39, 0.29) is 46.6 Å². The number of hydrogen-bond acceptors (Lipinski definition) is 6. The van der Waals surface area contributed by atoms with E-state index in [1.54, 1.807) is 12.1 Å². The summed E-state index contributed by atoms with van der Waals surface area (Å²) < 4.78 is 5.03. The number of rotatable bonds is 5. The van der Waals surface area contributed by atoms with Gasteiger partial charge in [0.05, 0.1) is 23.1 Å². The van der Waals surface area contributed by atoms with Crippen molar-refractivity contribution in [3.05, 3.63) is 64.7 Å². The van der Waals surface area contributed by atoms with Gasteiger partial charge in [0.25, 0.3) is 11.8 Å². The highest BCUT2D eigenvalue weighted by Crippen LogP contribution is 2.56. The molecule has 0 radical (unpaired) electrons. The number of hydrazine groups is 1. The van der Waals surface area contributed by atoms with E-state index in [4.69, 9.17) is 16.3 Å². The molecule has 180 valence electrons. The van der Waals surface area contributed by atoms with Crippen LogP contribution in [0.5, 0.6) is 0 Å². The third kappa shape index (κ3) is 4.27. The second kappa shape index (κ2) is 9.14. The fraction of sp³-hybridized carbons (Fsp3) is 0.320. The Morgan fingerprint density at radius 1 is 0.914 bits per heavy atom. The standard InChI is InChI=1S/C25H22ClN3O6/c26-17-8-6-13(7-9-17)22(31)28-27-19(30)12-35-25(34)16-2-1-3-18(11-16)29-23(32)20-14-4-5-15(10-14)21(20)24(29)33/h1-3,6-9,11,14-15,20-21H,4-5,10,12H2,(H,27,30)(H,28,31)/t14-,15-,20+,21+/m0/s1. The summed E-state index contributed by atoms with van der Waals surface area (Å²) in [6.45, 7) is -0.640. The molecule has 1 aliphatic heterocycles. The van der Waals surface area contributed by atoms with Gasteiger partial charge in [-0.3, -0.25) is 34.9 Å². The van der Waals surface area contributed by atoms with Crippen molar-refractivity contribution >= 4 is 46.9 Å². The number of carbonyl (C=O) groups excluding carboxylic acids is 5. The molecule has 1 heterocycles. The van der Waals surface area contributed by atoms with Crippen LogP contribution in [0.3, 0.4) is 0 Å². The maximum Gasteiger partial charge on any atom is 0.338 e. The van der Waals surface area contributed by atoms with Gasteiger partial charge in [-0.05, 0) is 73.6 Å². The molecule has 2 N–H and O–H groups in total. The van der Waals surface area contributed by atoms with E-state index in [2.05, 4.69) is 10.9 Å². The zero-order valence-corrected chi connectivity index (χ0v) is 19.3. The molecule has 5 rings (SSSR count). The zero-order chi connectivity index (χ0) is 24.7. The van der Waals surface area contributed by atoms with Crippen molar-refractivity contribution in [1.82, 2.24) is 10.9 Å². The largest absolute Gasteiger partial charge is 0.452 e. The van der Waals surface area contributed by atoms with Crippen LogP contribution < -0.4 is 15.8 Å². The summed E-state index contributed by atoms with van der Waals surface area (Å²) in [6, 6.07) is 12.1. The highest BCUT2D eigenvalue weighted by Gasteiger charge is 2.61. The lowest BCUT2D eigenvalue weighted by Gasteiger charge is -2.19. The third-order valence-corrected chi connectivity index (χ3v) is 7.28. The van der Waals surface area contributed by atoms with E-state index in [0.29, 0.717) is 10.7 Å². The minimum atomic E-state index is -0.801. The summed E-state index contributed by atoms with van der Waals surface area (Å²) in [5.74, 6) is -2.51. The van der Waals surface area contributed by atoms with E-state index in [9.17, 15) is 24.0 Å². The molecule has 4 amide bonds. The second-order valence-corrected chi connectivity index (χ2v) is 9.47. The summed E-state index contributed by atoms with van der Waals surface area (Å²) in [5, 5.41) is 0.468. The Morgan fingerprint density at radius 3 is 2.23 bits per heavy atom. The van der Waals surface area contributed by atoms with Crippen LogP contribution in [0.2, 0.25) is 5.02 Å². The first kappa shape index (κ1) is 23.0. The smallest absolute Gasteiger partial charge is 0.338 e. The number of ether oxygens (including phenoxy) is 1. The lowest BCUT2D eigenvalue weighted by atomic mass is 9.81. The Balaban J connectivity index is 1.17. The number of esters is 1. The van der Waals surface area contributed by atoms with Gasteiger partial charge in [0.1, 0.15) is 0 Å². The van der Waals surface area contributed by atoms with Gasteiger partial charge >= 0.3 is 5.97 Å². The van der Waals surface area contributed by atoms with Crippen molar-refractivity contribution in [3.63, 3.8) is 0 Å². The van der Waals surface area contributed by atoms with E-state index < -0.39 is 24.4 Å². The number of carbonyl (C=O) groups is 5. The quantitative estimate of drug-likeness (QED) is 0.373. The maximum atomic E-state index is 13.0. The van der Waals surface area contributed by atoms with Gasteiger partial charge in [-0.25, -0.2) is 4.79 Å². The fourth-order valence-corrected chi connectivity index (χ4v) is 5.61. The minimum Gasteiger partial charge on any atom is -0.452 e. The second-order valence-electron chi connectivity index (χ2n) is 9.03. The molecule has 10 heteroatoms. The van der Waals surface area contributed by atoms with Gasteiger partial charge in [-0.15, -0.1) is 0 Å². The first-order valence-corrected chi connectivity index (χ1v) is 11.7. The van der Waals surface area contributed by atoms with Crippen molar-refractivity contribution < 1.29 is 28.7 Å². The molecule has 2 aromatic rings. The van der Waals surface area contributed by atoms with Crippen LogP contribution in [-0.2, 0) is 19.1 Å². The molecule has 2 saturated carbocycles. The number of amides is 4. The number of nitrogens with zero attached hydrogens (tertiary/aromatic N) is 1. The molecule has 2 aliphatic carbocycles. The molecule has 0 unspecified atom stereocenters. The van der Waals surface area contributed by atoms with Gasteiger partial charge in [-0.2, -0.15) is 0 Å². The van der Waals surface area contributed by atoms with Crippen molar-refractivity contribution in [2.75, 3.05) is 11.5 Å². The van der Waals surface area contributed by atoms with Gasteiger partial charge in [-0.1, -0.05) is 17.7 Å². The minimum absolute atomic E-state index is 0.0983. The number of halogens is 1. The Morgan fingerprint density at radius 2 is 1.57 bits per heavy atom. The van der Waals surface area contributed by atoms with Crippen molar-refractivity contribution in [2.45, 2.75) is 19.3 Å². The van der Waals surface area contributed by atoms with E-state index in [1.807, 2.05) is 0 Å². The first-order valence-electron chi connectivity index (χ1n) is 11.3. The van der Waals surface area contributed by atoms with Gasteiger partial charge in [0, 0.05) is 10.6 Å².